The van der Waals surface area contributed by atoms with E-state index in [1.54, 1.807) is 0 Å². The van der Waals surface area contributed by atoms with E-state index in [-0.39, 0.29) is 18.4 Å². The van der Waals surface area contributed by atoms with Crippen molar-refractivity contribution in [3.8, 4) is 0 Å². The summed E-state index contributed by atoms with van der Waals surface area (Å²) in [7, 11) is 0. The summed E-state index contributed by atoms with van der Waals surface area (Å²) >= 11 is 0. The van der Waals surface area contributed by atoms with Crippen molar-refractivity contribution in [3.63, 3.8) is 0 Å². The van der Waals surface area contributed by atoms with Crippen molar-refractivity contribution in [1.82, 2.24) is 10.6 Å². The molecule has 0 unspecified atom stereocenters. The molecule has 0 aromatic rings. The van der Waals surface area contributed by atoms with Crippen LogP contribution >= 0.6 is 0 Å². The maximum atomic E-state index is 11.6. The maximum Gasteiger partial charge on any atom is 0.239 e. The molecular formula is C20H41N3O2. The second-order valence-corrected chi connectivity index (χ2v) is 6.91. The van der Waals surface area contributed by atoms with Crippen LogP contribution in [0.3, 0.4) is 0 Å². The van der Waals surface area contributed by atoms with E-state index in [9.17, 15) is 9.59 Å². The van der Waals surface area contributed by atoms with Crippen LogP contribution in [0.5, 0.6) is 0 Å². The van der Waals surface area contributed by atoms with Gasteiger partial charge in [0.1, 0.15) is 0 Å². The molecule has 0 aromatic carbocycles. The molecule has 0 rings (SSSR count). The standard InChI is InChI=1S/C20H41N3O2/c1-2-3-4-5-6-7-8-9-10-11-12-13-14-15-19(24)23-18-20(25)22-17-16-21/h2-18,21H2,1H3,(H,22,25)(H,23,24). The highest BCUT2D eigenvalue weighted by atomic mass is 16.2. The Morgan fingerprint density at radius 3 is 1.64 bits per heavy atom. The largest absolute Gasteiger partial charge is 0.353 e. The van der Waals surface area contributed by atoms with Crippen molar-refractivity contribution in [2.75, 3.05) is 19.6 Å². The van der Waals surface area contributed by atoms with Gasteiger partial charge in [-0.25, -0.2) is 0 Å². The zero-order valence-corrected chi connectivity index (χ0v) is 16.4. The van der Waals surface area contributed by atoms with E-state index in [0.29, 0.717) is 19.5 Å². The minimum atomic E-state index is -0.177. The van der Waals surface area contributed by atoms with Crippen LogP contribution in [-0.2, 0) is 9.59 Å². The Balaban J connectivity index is 3.22. The number of carbonyl (C=O) groups excluding carboxylic acids is 2. The summed E-state index contributed by atoms with van der Waals surface area (Å²) in [5.41, 5.74) is 5.29. The lowest BCUT2D eigenvalue weighted by molar-refractivity contribution is -0.126. The van der Waals surface area contributed by atoms with Gasteiger partial charge < -0.3 is 16.4 Å². The summed E-state index contributed by atoms with van der Waals surface area (Å²) in [4.78, 5) is 22.9. The molecule has 2 amide bonds. The number of hydrogen-bond acceptors (Lipinski definition) is 3. The molecule has 0 radical (unpaired) electrons. The van der Waals surface area contributed by atoms with Crippen molar-refractivity contribution in [2.24, 2.45) is 5.73 Å². The van der Waals surface area contributed by atoms with Crippen molar-refractivity contribution in [1.29, 1.82) is 0 Å². The SMILES string of the molecule is CCCCCCCCCCCCCCCC(=O)NCC(=O)NCCN. The normalized spacial score (nSPS) is 10.6. The summed E-state index contributed by atoms with van der Waals surface area (Å²) in [6.07, 6.45) is 17.4. The van der Waals surface area contributed by atoms with E-state index in [0.717, 1.165) is 12.8 Å². The van der Waals surface area contributed by atoms with Gasteiger partial charge in [0.25, 0.3) is 0 Å². The average molecular weight is 356 g/mol. The van der Waals surface area contributed by atoms with Gasteiger partial charge in [-0.2, -0.15) is 0 Å². The van der Waals surface area contributed by atoms with Gasteiger partial charge in [-0.05, 0) is 6.42 Å². The van der Waals surface area contributed by atoms with Crippen LogP contribution in [-0.4, -0.2) is 31.4 Å². The fourth-order valence-corrected chi connectivity index (χ4v) is 2.84. The Morgan fingerprint density at radius 1 is 0.680 bits per heavy atom. The Kier molecular flexibility index (Phi) is 18.4. The third-order valence-electron chi connectivity index (χ3n) is 4.42. The van der Waals surface area contributed by atoms with Crippen LogP contribution in [0.4, 0.5) is 0 Å². The molecule has 0 aromatic heterocycles. The summed E-state index contributed by atoms with van der Waals surface area (Å²) in [6.45, 7) is 3.18. The Morgan fingerprint density at radius 2 is 1.16 bits per heavy atom. The number of nitrogens with one attached hydrogen (secondary N) is 2. The Hall–Kier alpha value is -1.10. The highest BCUT2D eigenvalue weighted by molar-refractivity contribution is 5.84. The smallest absolute Gasteiger partial charge is 0.239 e. The van der Waals surface area contributed by atoms with Gasteiger partial charge in [-0.3, -0.25) is 9.59 Å². The van der Waals surface area contributed by atoms with E-state index in [4.69, 9.17) is 5.73 Å². The molecule has 0 bridgehead atoms. The number of amides is 2. The van der Waals surface area contributed by atoms with Crippen molar-refractivity contribution in [3.05, 3.63) is 0 Å². The Bertz CT molecular complexity index is 322. The summed E-state index contributed by atoms with van der Waals surface area (Å²) in [5.74, 6) is -0.213. The first kappa shape index (κ1) is 23.9. The van der Waals surface area contributed by atoms with Gasteiger partial charge in [-0.15, -0.1) is 0 Å². The maximum absolute atomic E-state index is 11.6. The summed E-state index contributed by atoms with van der Waals surface area (Å²) in [6, 6.07) is 0. The quantitative estimate of drug-likeness (QED) is 0.328. The highest BCUT2D eigenvalue weighted by Crippen LogP contribution is 2.12. The molecule has 0 saturated heterocycles. The second kappa shape index (κ2) is 19.2. The lowest BCUT2D eigenvalue weighted by Crippen LogP contribution is -2.38. The molecule has 0 saturated carbocycles. The first-order chi connectivity index (χ1) is 12.2. The van der Waals surface area contributed by atoms with Crippen LogP contribution < -0.4 is 16.4 Å². The van der Waals surface area contributed by atoms with Crippen LogP contribution in [0, 0.1) is 0 Å². The molecule has 5 nitrogen and oxygen atoms in total. The molecule has 0 aliphatic rings. The zero-order chi connectivity index (χ0) is 18.6. The van der Waals surface area contributed by atoms with Crippen LogP contribution in [0.25, 0.3) is 0 Å². The van der Waals surface area contributed by atoms with Gasteiger partial charge in [0.15, 0.2) is 0 Å². The molecular weight excluding hydrogens is 314 g/mol. The molecule has 0 atom stereocenters. The first-order valence-electron chi connectivity index (χ1n) is 10.4. The number of nitrogens with two attached hydrogens (primary N) is 1. The summed E-state index contributed by atoms with van der Waals surface area (Å²) in [5, 5.41) is 5.27. The van der Waals surface area contributed by atoms with Gasteiger partial charge >= 0.3 is 0 Å². The van der Waals surface area contributed by atoms with Crippen LogP contribution in [0.15, 0.2) is 0 Å². The third-order valence-corrected chi connectivity index (χ3v) is 4.42. The Labute approximate surface area is 154 Å². The lowest BCUT2D eigenvalue weighted by Gasteiger charge is -2.06. The fraction of sp³-hybridized carbons (Fsp3) is 0.900. The molecule has 0 aliphatic carbocycles. The summed E-state index contributed by atoms with van der Waals surface area (Å²) < 4.78 is 0. The molecule has 0 heterocycles. The number of carbonyl (C=O) groups is 2. The molecule has 5 heteroatoms. The number of rotatable bonds is 18. The van der Waals surface area contributed by atoms with Gasteiger partial charge in [-0.1, -0.05) is 84.0 Å². The van der Waals surface area contributed by atoms with Crippen LogP contribution in [0.1, 0.15) is 96.8 Å². The molecule has 148 valence electrons. The molecule has 25 heavy (non-hydrogen) atoms. The highest BCUT2D eigenvalue weighted by Gasteiger charge is 2.04. The van der Waals surface area contributed by atoms with E-state index in [1.807, 2.05) is 0 Å². The van der Waals surface area contributed by atoms with E-state index >= 15 is 0 Å². The molecule has 0 fully saturated rings. The predicted octanol–water partition coefficient (Wildman–Crippen LogP) is 3.66. The van der Waals surface area contributed by atoms with Crippen LogP contribution in [0.2, 0.25) is 0 Å². The van der Waals surface area contributed by atoms with E-state index in [2.05, 4.69) is 17.6 Å². The van der Waals surface area contributed by atoms with Crippen molar-refractivity contribution >= 4 is 11.8 Å². The number of hydrogen-bond donors (Lipinski definition) is 3. The van der Waals surface area contributed by atoms with Gasteiger partial charge in [0, 0.05) is 19.5 Å². The predicted molar refractivity (Wildman–Crippen MR) is 105 cm³/mol. The topological polar surface area (TPSA) is 84.2 Å². The van der Waals surface area contributed by atoms with E-state index < -0.39 is 0 Å². The monoisotopic (exact) mass is 355 g/mol. The van der Waals surface area contributed by atoms with Crippen molar-refractivity contribution in [2.45, 2.75) is 96.8 Å². The zero-order valence-electron chi connectivity index (χ0n) is 16.4. The van der Waals surface area contributed by atoms with Crippen molar-refractivity contribution < 1.29 is 9.59 Å². The first-order valence-corrected chi connectivity index (χ1v) is 10.4. The van der Waals surface area contributed by atoms with E-state index in [1.165, 1.54) is 70.6 Å². The average Bonchev–Trinajstić information content (AvgIpc) is 2.62. The minimum Gasteiger partial charge on any atom is -0.353 e. The molecule has 0 aliphatic heterocycles. The van der Waals surface area contributed by atoms with Gasteiger partial charge in [0.05, 0.1) is 6.54 Å². The third kappa shape index (κ3) is 19.1. The molecule has 0 spiro atoms. The van der Waals surface area contributed by atoms with Gasteiger partial charge in [0.2, 0.25) is 11.8 Å². The fourth-order valence-electron chi connectivity index (χ4n) is 2.84. The lowest BCUT2D eigenvalue weighted by atomic mass is 10.0. The molecule has 4 N–H and O–H groups in total. The number of unbranched alkanes of at least 4 members (excludes halogenated alkanes) is 12. The second-order valence-electron chi connectivity index (χ2n) is 6.91. The minimum absolute atomic E-state index is 0.0361.